The number of hydrogen-bond acceptors (Lipinski definition) is 6. The SMILES string of the molecule is CCCOc1cc(-c2ccc(OC)cc2)nc(SCC(=O)O)n1. The molecule has 122 valence electrons. The van der Waals surface area contributed by atoms with Crippen LogP contribution in [0.15, 0.2) is 35.5 Å². The van der Waals surface area contributed by atoms with Crippen LogP contribution in [0.2, 0.25) is 0 Å². The molecule has 0 unspecified atom stereocenters. The van der Waals surface area contributed by atoms with Gasteiger partial charge in [0, 0.05) is 11.6 Å². The number of carboxylic acids is 1. The van der Waals surface area contributed by atoms with Crippen LogP contribution in [0.3, 0.4) is 0 Å². The fourth-order valence-corrected chi connectivity index (χ4v) is 2.35. The van der Waals surface area contributed by atoms with Crippen molar-refractivity contribution in [3.63, 3.8) is 0 Å². The van der Waals surface area contributed by atoms with Crippen molar-refractivity contribution in [2.75, 3.05) is 19.5 Å². The first kappa shape index (κ1) is 17.1. The van der Waals surface area contributed by atoms with E-state index in [9.17, 15) is 4.79 Å². The van der Waals surface area contributed by atoms with Gasteiger partial charge in [-0.1, -0.05) is 18.7 Å². The molecule has 1 N–H and O–H groups in total. The van der Waals surface area contributed by atoms with E-state index in [1.165, 1.54) is 0 Å². The summed E-state index contributed by atoms with van der Waals surface area (Å²) in [6.07, 6.45) is 0.861. The van der Waals surface area contributed by atoms with E-state index in [-0.39, 0.29) is 5.75 Å². The van der Waals surface area contributed by atoms with Crippen molar-refractivity contribution in [3.8, 4) is 22.9 Å². The van der Waals surface area contributed by atoms with Gasteiger partial charge in [-0.05, 0) is 30.7 Å². The minimum atomic E-state index is -0.913. The third-order valence-electron chi connectivity index (χ3n) is 2.85. The molecule has 0 saturated heterocycles. The lowest BCUT2D eigenvalue weighted by molar-refractivity contribution is -0.133. The van der Waals surface area contributed by atoms with Crippen molar-refractivity contribution in [2.45, 2.75) is 18.5 Å². The summed E-state index contributed by atoms with van der Waals surface area (Å²) in [6, 6.07) is 9.21. The predicted molar refractivity (Wildman–Crippen MR) is 88.2 cm³/mol. The lowest BCUT2D eigenvalue weighted by Crippen LogP contribution is -2.03. The molecule has 1 heterocycles. The third-order valence-corrected chi connectivity index (χ3v) is 3.68. The Kier molecular flexibility index (Phi) is 6.22. The van der Waals surface area contributed by atoms with Gasteiger partial charge in [0.25, 0.3) is 0 Å². The number of rotatable bonds is 8. The van der Waals surface area contributed by atoms with Gasteiger partial charge in [-0.15, -0.1) is 0 Å². The first-order valence-corrected chi connectivity index (χ1v) is 8.12. The van der Waals surface area contributed by atoms with Gasteiger partial charge in [-0.3, -0.25) is 4.79 Å². The fourth-order valence-electron chi connectivity index (χ4n) is 1.78. The van der Waals surface area contributed by atoms with E-state index in [1.54, 1.807) is 13.2 Å². The van der Waals surface area contributed by atoms with Crippen molar-refractivity contribution in [1.82, 2.24) is 9.97 Å². The van der Waals surface area contributed by atoms with E-state index >= 15 is 0 Å². The number of benzene rings is 1. The molecule has 1 aromatic carbocycles. The zero-order valence-corrected chi connectivity index (χ0v) is 13.8. The van der Waals surface area contributed by atoms with Gasteiger partial charge in [-0.25, -0.2) is 4.98 Å². The summed E-state index contributed by atoms with van der Waals surface area (Å²) in [5.74, 6) is 0.190. The van der Waals surface area contributed by atoms with Crippen LogP contribution in [0.5, 0.6) is 11.6 Å². The summed E-state index contributed by atoms with van der Waals surface area (Å²) in [4.78, 5) is 19.4. The summed E-state index contributed by atoms with van der Waals surface area (Å²) in [7, 11) is 1.61. The van der Waals surface area contributed by atoms with Gasteiger partial charge in [0.15, 0.2) is 5.16 Å². The number of methoxy groups -OCH3 is 1. The average molecular weight is 334 g/mol. The normalized spacial score (nSPS) is 10.3. The van der Waals surface area contributed by atoms with Crippen LogP contribution in [0.4, 0.5) is 0 Å². The molecular weight excluding hydrogens is 316 g/mol. The maximum Gasteiger partial charge on any atom is 0.313 e. The minimum Gasteiger partial charge on any atom is -0.497 e. The quantitative estimate of drug-likeness (QED) is 0.586. The molecule has 0 aliphatic heterocycles. The van der Waals surface area contributed by atoms with E-state index in [1.807, 2.05) is 31.2 Å². The van der Waals surface area contributed by atoms with Gasteiger partial charge in [0.1, 0.15) is 5.75 Å². The Hall–Kier alpha value is -2.28. The Labute approximate surface area is 138 Å². The molecular formula is C16H18N2O4S. The summed E-state index contributed by atoms with van der Waals surface area (Å²) in [5, 5.41) is 9.19. The molecule has 0 radical (unpaired) electrons. The van der Waals surface area contributed by atoms with Crippen LogP contribution in [0.25, 0.3) is 11.3 Å². The molecule has 0 aliphatic carbocycles. The lowest BCUT2D eigenvalue weighted by Gasteiger charge is -2.09. The molecule has 2 rings (SSSR count). The van der Waals surface area contributed by atoms with Crippen LogP contribution in [-0.4, -0.2) is 40.5 Å². The molecule has 0 atom stereocenters. The zero-order chi connectivity index (χ0) is 16.7. The highest BCUT2D eigenvalue weighted by Gasteiger charge is 2.10. The maximum atomic E-state index is 10.7. The Bertz CT molecular complexity index is 662. The number of aromatic nitrogens is 2. The number of aliphatic carboxylic acids is 1. The largest absolute Gasteiger partial charge is 0.497 e. The van der Waals surface area contributed by atoms with Gasteiger partial charge >= 0.3 is 5.97 Å². The highest BCUT2D eigenvalue weighted by atomic mass is 32.2. The van der Waals surface area contributed by atoms with E-state index in [2.05, 4.69) is 9.97 Å². The minimum absolute atomic E-state index is 0.0979. The summed E-state index contributed by atoms with van der Waals surface area (Å²) < 4.78 is 10.7. The van der Waals surface area contributed by atoms with Crippen LogP contribution in [-0.2, 0) is 4.79 Å². The molecule has 6 nitrogen and oxygen atoms in total. The Balaban J connectivity index is 2.31. The number of ether oxygens (including phenoxy) is 2. The maximum absolute atomic E-state index is 10.7. The first-order valence-electron chi connectivity index (χ1n) is 7.13. The smallest absolute Gasteiger partial charge is 0.313 e. The Morgan fingerprint density at radius 1 is 1.26 bits per heavy atom. The van der Waals surface area contributed by atoms with Gasteiger partial charge in [0.05, 0.1) is 25.2 Å². The molecule has 1 aromatic heterocycles. The van der Waals surface area contributed by atoms with Crippen LogP contribution in [0, 0.1) is 0 Å². The van der Waals surface area contributed by atoms with Crippen molar-refractivity contribution < 1.29 is 19.4 Å². The van der Waals surface area contributed by atoms with E-state index in [0.29, 0.717) is 23.3 Å². The average Bonchev–Trinajstić information content (AvgIpc) is 2.58. The molecule has 23 heavy (non-hydrogen) atoms. The van der Waals surface area contributed by atoms with Gasteiger partial charge < -0.3 is 14.6 Å². The fraction of sp³-hybridized carbons (Fsp3) is 0.312. The Morgan fingerprint density at radius 3 is 2.61 bits per heavy atom. The van der Waals surface area contributed by atoms with Gasteiger partial charge in [-0.2, -0.15) is 4.98 Å². The first-order chi connectivity index (χ1) is 11.1. The molecule has 0 amide bonds. The topological polar surface area (TPSA) is 81.5 Å². The van der Waals surface area contributed by atoms with Crippen molar-refractivity contribution in [3.05, 3.63) is 30.3 Å². The van der Waals surface area contributed by atoms with Crippen molar-refractivity contribution in [1.29, 1.82) is 0 Å². The highest BCUT2D eigenvalue weighted by Crippen LogP contribution is 2.26. The van der Waals surface area contributed by atoms with Crippen molar-refractivity contribution >= 4 is 17.7 Å². The molecule has 2 aromatic rings. The van der Waals surface area contributed by atoms with Crippen LogP contribution < -0.4 is 9.47 Å². The van der Waals surface area contributed by atoms with Crippen molar-refractivity contribution in [2.24, 2.45) is 0 Å². The molecule has 0 aliphatic rings. The second-order valence-electron chi connectivity index (χ2n) is 4.63. The standard InChI is InChI=1S/C16H18N2O4S/c1-3-8-22-14-9-13(11-4-6-12(21-2)7-5-11)17-16(18-14)23-10-15(19)20/h4-7,9H,3,8,10H2,1-2H3,(H,19,20). The van der Waals surface area contributed by atoms with Crippen LogP contribution >= 0.6 is 11.8 Å². The summed E-state index contributed by atoms with van der Waals surface area (Å²) in [5.41, 5.74) is 1.56. The number of thioether (sulfide) groups is 1. The highest BCUT2D eigenvalue weighted by molar-refractivity contribution is 7.99. The molecule has 7 heteroatoms. The predicted octanol–water partition coefficient (Wildman–Crippen LogP) is 3.12. The third kappa shape index (κ3) is 5.14. The molecule has 0 spiro atoms. The molecule has 0 saturated carbocycles. The van der Waals surface area contributed by atoms with E-state index in [0.717, 1.165) is 29.5 Å². The van der Waals surface area contributed by atoms with Gasteiger partial charge in [0.2, 0.25) is 5.88 Å². The lowest BCUT2D eigenvalue weighted by atomic mass is 10.1. The number of nitrogens with zero attached hydrogens (tertiary/aromatic N) is 2. The monoisotopic (exact) mass is 334 g/mol. The number of carboxylic acid groups (broad SMARTS) is 1. The summed E-state index contributed by atoms with van der Waals surface area (Å²) in [6.45, 7) is 2.55. The summed E-state index contributed by atoms with van der Waals surface area (Å²) >= 11 is 1.07. The van der Waals surface area contributed by atoms with E-state index < -0.39 is 5.97 Å². The molecule has 0 fully saturated rings. The second kappa shape index (κ2) is 8.38. The number of hydrogen-bond donors (Lipinski definition) is 1. The molecule has 0 bridgehead atoms. The van der Waals surface area contributed by atoms with E-state index in [4.69, 9.17) is 14.6 Å². The number of carbonyl (C=O) groups is 1. The second-order valence-corrected chi connectivity index (χ2v) is 5.58. The zero-order valence-electron chi connectivity index (χ0n) is 13.0. The Morgan fingerprint density at radius 2 is 2.00 bits per heavy atom. The van der Waals surface area contributed by atoms with Crippen LogP contribution in [0.1, 0.15) is 13.3 Å².